The average Bonchev–Trinajstić information content (AvgIpc) is 2.17. The van der Waals surface area contributed by atoms with Gasteiger partial charge >= 0.3 is 6.18 Å². The third-order valence-corrected chi connectivity index (χ3v) is 1.94. The van der Waals surface area contributed by atoms with E-state index in [0.29, 0.717) is 0 Å². The van der Waals surface area contributed by atoms with E-state index in [0.717, 1.165) is 6.07 Å². The smallest absolute Gasteiger partial charge is 0.343 e. The van der Waals surface area contributed by atoms with Gasteiger partial charge in [0.1, 0.15) is 6.54 Å². The summed E-state index contributed by atoms with van der Waals surface area (Å²) in [4.78, 5) is 11.2. The summed E-state index contributed by atoms with van der Waals surface area (Å²) in [6.45, 7) is -1.52. The monoisotopic (exact) mass is 255 g/mol. The van der Waals surface area contributed by atoms with Crippen molar-refractivity contribution in [3.05, 3.63) is 34.6 Å². The molecule has 1 amide bonds. The van der Waals surface area contributed by atoms with Crippen molar-refractivity contribution in [2.75, 3.05) is 6.54 Å². The lowest BCUT2D eigenvalue weighted by Crippen LogP contribution is -2.34. The highest BCUT2D eigenvalue weighted by molar-refractivity contribution is 6.31. The fourth-order valence-electron chi connectivity index (χ4n) is 0.955. The number of rotatable bonds is 2. The first-order chi connectivity index (χ1) is 7.31. The number of amides is 1. The maximum atomic E-state index is 13.2. The van der Waals surface area contributed by atoms with Crippen LogP contribution in [0.25, 0.3) is 0 Å². The summed E-state index contributed by atoms with van der Waals surface area (Å²) in [6.07, 6.45) is -4.54. The summed E-state index contributed by atoms with van der Waals surface area (Å²) in [7, 11) is 0. The number of hydrogen-bond donors (Lipinski definition) is 1. The zero-order valence-electron chi connectivity index (χ0n) is 7.74. The molecule has 0 aliphatic rings. The van der Waals surface area contributed by atoms with Gasteiger partial charge < -0.3 is 5.32 Å². The molecule has 0 radical (unpaired) electrons. The maximum Gasteiger partial charge on any atom is 0.405 e. The summed E-state index contributed by atoms with van der Waals surface area (Å²) in [5, 5.41) is 1.22. The minimum absolute atomic E-state index is 0.320. The Hall–Kier alpha value is -1.30. The van der Waals surface area contributed by atoms with Gasteiger partial charge in [-0.25, -0.2) is 4.39 Å². The Bertz CT molecular complexity index is 405. The maximum absolute atomic E-state index is 13.2. The molecule has 1 rings (SSSR count). The first-order valence-electron chi connectivity index (χ1n) is 4.10. The molecule has 7 heteroatoms. The van der Waals surface area contributed by atoms with Crippen molar-refractivity contribution in [1.82, 2.24) is 5.32 Å². The van der Waals surface area contributed by atoms with Crippen LogP contribution in [0.3, 0.4) is 0 Å². The van der Waals surface area contributed by atoms with E-state index in [1.807, 2.05) is 0 Å². The molecule has 0 aliphatic heterocycles. The number of hydrogen-bond acceptors (Lipinski definition) is 1. The highest BCUT2D eigenvalue weighted by Gasteiger charge is 2.28. The van der Waals surface area contributed by atoms with Crippen LogP contribution in [0.15, 0.2) is 18.2 Å². The molecule has 0 aromatic heterocycles. The van der Waals surface area contributed by atoms with Gasteiger partial charge in [0.15, 0.2) is 5.82 Å². The van der Waals surface area contributed by atoms with Crippen molar-refractivity contribution in [2.45, 2.75) is 6.18 Å². The Morgan fingerprint density at radius 3 is 2.56 bits per heavy atom. The van der Waals surface area contributed by atoms with E-state index < -0.39 is 30.0 Å². The van der Waals surface area contributed by atoms with E-state index >= 15 is 0 Å². The Morgan fingerprint density at radius 1 is 1.38 bits per heavy atom. The molecule has 0 bridgehead atoms. The van der Waals surface area contributed by atoms with Gasteiger partial charge in [-0.15, -0.1) is 0 Å². The van der Waals surface area contributed by atoms with Gasteiger partial charge in [-0.05, 0) is 12.1 Å². The molecule has 1 aromatic rings. The number of carbonyl (C=O) groups is 1. The molecule has 88 valence electrons. The molecule has 0 saturated carbocycles. The fraction of sp³-hybridized carbons (Fsp3) is 0.222. The minimum atomic E-state index is -4.54. The van der Waals surface area contributed by atoms with E-state index in [2.05, 4.69) is 0 Å². The van der Waals surface area contributed by atoms with Crippen LogP contribution < -0.4 is 5.32 Å². The molecule has 0 unspecified atom stereocenters. The Morgan fingerprint density at radius 2 is 2.00 bits per heavy atom. The highest BCUT2D eigenvalue weighted by Crippen LogP contribution is 2.18. The number of benzene rings is 1. The van der Waals surface area contributed by atoms with Gasteiger partial charge in [-0.1, -0.05) is 17.7 Å². The number of alkyl halides is 3. The molecule has 0 aliphatic carbocycles. The molecular formula is C9H6ClF4NO. The van der Waals surface area contributed by atoms with Gasteiger partial charge in [0, 0.05) is 0 Å². The molecule has 0 saturated heterocycles. The molecule has 0 spiro atoms. The van der Waals surface area contributed by atoms with E-state index in [-0.39, 0.29) is 5.02 Å². The van der Waals surface area contributed by atoms with E-state index in [9.17, 15) is 22.4 Å². The second kappa shape index (κ2) is 4.69. The summed E-state index contributed by atoms with van der Waals surface area (Å²) >= 11 is 5.37. The van der Waals surface area contributed by atoms with E-state index in [1.165, 1.54) is 12.1 Å². The molecule has 1 aromatic carbocycles. The molecule has 1 N–H and O–H groups in total. The predicted octanol–water partition coefficient (Wildman–Crippen LogP) is 2.77. The van der Waals surface area contributed by atoms with Gasteiger partial charge in [0.05, 0.1) is 10.6 Å². The summed E-state index contributed by atoms with van der Waals surface area (Å²) in [6, 6.07) is 3.51. The summed E-state index contributed by atoms with van der Waals surface area (Å²) in [5.41, 5.74) is -0.517. The Labute approximate surface area is 93.2 Å². The Kier molecular flexibility index (Phi) is 3.74. The van der Waals surface area contributed by atoms with Crippen LogP contribution in [0, 0.1) is 5.82 Å². The summed E-state index contributed by atoms with van der Waals surface area (Å²) in [5.74, 6) is -2.19. The van der Waals surface area contributed by atoms with Gasteiger partial charge in [-0.2, -0.15) is 13.2 Å². The van der Waals surface area contributed by atoms with Gasteiger partial charge in [0.25, 0.3) is 5.91 Å². The first kappa shape index (κ1) is 12.8. The SMILES string of the molecule is O=C(NCC(F)(F)F)c1cccc(Cl)c1F. The fourth-order valence-corrected chi connectivity index (χ4v) is 1.13. The minimum Gasteiger partial charge on any atom is -0.343 e. The molecule has 0 atom stereocenters. The van der Waals surface area contributed by atoms with E-state index in [1.54, 1.807) is 5.32 Å². The third kappa shape index (κ3) is 3.37. The van der Waals surface area contributed by atoms with Crippen LogP contribution in [-0.2, 0) is 0 Å². The quantitative estimate of drug-likeness (QED) is 0.809. The van der Waals surface area contributed by atoms with E-state index in [4.69, 9.17) is 11.6 Å². The molecule has 0 fully saturated rings. The standard InChI is InChI=1S/C9H6ClF4NO/c10-6-3-1-2-5(7(6)11)8(16)15-4-9(12,13)14/h1-3H,4H2,(H,15,16). The van der Waals surface area contributed by atoms with Crippen LogP contribution >= 0.6 is 11.6 Å². The van der Waals surface area contributed by atoms with Crippen LogP contribution in [0.5, 0.6) is 0 Å². The number of carbonyl (C=O) groups excluding carboxylic acids is 1. The summed E-state index contributed by atoms with van der Waals surface area (Å²) < 4.78 is 48.5. The van der Waals surface area contributed by atoms with Crippen molar-refractivity contribution in [2.24, 2.45) is 0 Å². The predicted molar refractivity (Wildman–Crippen MR) is 49.8 cm³/mol. The van der Waals surface area contributed by atoms with Gasteiger partial charge in [0.2, 0.25) is 0 Å². The van der Waals surface area contributed by atoms with Crippen LogP contribution in [0.4, 0.5) is 17.6 Å². The normalized spacial score (nSPS) is 11.3. The van der Waals surface area contributed by atoms with Crippen molar-refractivity contribution >= 4 is 17.5 Å². The number of halogens is 5. The van der Waals surface area contributed by atoms with Crippen LogP contribution in [-0.4, -0.2) is 18.6 Å². The second-order valence-corrected chi connectivity index (χ2v) is 3.31. The van der Waals surface area contributed by atoms with Crippen LogP contribution in [0.1, 0.15) is 10.4 Å². The van der Waals surface area contributed by atoms with Gasteiger partial charge in [-0.3, -0.25) is 4.79 Å². The lowest BCUT2D eigenvalue weighted by atomic mass is 10.2. The molecule has 2 nitrogen and oxygen atoms in total. The average molecular weight is 256 g/mol. The third-order valence-electron chi connectivity index (χ3n) is 1.65. The lowest BCUT2D eigenvalue weighted by molar-refractivity contribution is -0.123. The van der Waals surface area contributed by atoms with Crippen molar-refractivity contribution < 1.29 is 22.4 Å². The van der Waals surface area contributed by atoms with Crippen LogP contribution in [0.2, 0.25) is 5.02 Å². The van der Waals surface area contributed by atoms with Crippen molar-refractivity contribution in [1.29, 1.82) is 0 Å². The lowest BCUT2D eigenvalue weighted by Gasteiger charge is -2.09. The highest BCUT2D eigenvalue weighted by atomic mass is 35.5. The number of nitrogens with one attached hydrogen (secondary N) is 1. The van der Waals surface area contributed by atoms with Crippen molar-refractivity contribution in [3.63, 3.8) is 0 Å². The second-order valence-electron chi connectivity index (χ2n) is 2.90. The molecule has 0 heterocycles. The largest absolute Gasteiger partial charge is 0.405 e. The molecular weight excluding hydrogens is 250 g/mol. The zero-order chi connectivity index (χ0) is 12.3. The molecule has 16 heavy (non-hydrogen) atoms. The topological polar surface area (TPSA) is 29.1 Å². The van der Waals surface area contributed by atoms with Crippen molar-refractivity contribution in [3.8, 4) is 0 Å². The zero-order valence-corrected chi connectivity index (χ0v) is 8.49. The Balaban J connectivity index is 2.78. The first-order valence-corrected chi connectivity index (χ1v) is 4.48.